The topological polar surface area (TPSA) is 0 Å². The molecule has 0 spiro atoms. The SMILES string of the molecule is CCC#C[C-](C)C.[Li+].[Li]. The minimum atomic E-state index is 0. The minimum Gasteiger partial charge on any atom is -0.327 e. The van der Waals surface area contributed by atoms with Crippen molar-refractivity contribution in [1.82, 2.24) is 0 Å². The van der Waals surface area contributed by atoms with E-state index in [4.69, 9.17) is 0 Å². The van der Waals surface area contributed by atoms with Gasteiger partial charge in [-0.2, -0.15) is 5.92 Å². The van der Waals surface area contributed by atoms with Gasteiger partial charge in [0.05, 0.1) is 0 Å². The Morgan fingerprint density at radius 3 is 1.89 bits per heavy atom. The standard InChI is InChI=1S/C7H11.2Li/c1-4-5-6-7(2)3;;/h4H2,1-3H3;;/q-1;;+1. The van der Waals surface area contributed by atoms with Crippen LogP contribution in [0.1, 0.15) is 27.2 Å². The largest absolute Gasteiger partial charge is 1.00 e. The molecule has 0 aliphatic heterocycles. The van der Waals surface area contributed by atoms with Crippen molar-refractivity contribution in [3.05, 3.63) is 5.92 Å². The monoisotopic (exact) mass is 109 g/mol. The van der Waals surface area contributed by atoms with Crippen molar-refractivity contribution in [3.63, 3.8) is 0 Å². The van der Waals surface area contributed by atoms with Crippen molar-refractivity contribution < 1.29 is 18.9 Å². The summed E-state index contributed by atoms with van der Waals surface area (Å²) in [6.45, 7) is 6.08. The molecular weight excluding hydrogens is 98.0 g/mol. The van der Waals surface area contributed by atoms with Crippen LogP contribution in [0.3, 0.4) is 0 Å². The molecule has 2 heteroatoms. The van der Waals surface area contributed by atoms with E-state index in [2.05, 4.69) is 18.8 Å². The summed E-state index contributed by atoms with van der Waals surface area (Å²) in [5.41, 5.74) is 0. The van der Waals surface area contributed by atoms with Crippen LogP contribution in [0.4, 0.5) is 0 Å². The van der Waals surface area contributed by atoms with E-state index in [9.17, 15) is 0 Å². The van der Waals surface area contributed by atoms with Crippen molar-refractivity contribution in [2.45, 2.75) is 27.2 Å². The van der Waals surface area contributed by atoms with E-state index < -0.39 is 0 Å². The van der Waals surface area contributed by atoms with Gasteiger partial charge in [-0.25, -0.2) is 0 Å². The average Bonchev–Trinajstić information content (AvgIpc) is 1.61. The molecule has 0 aromatic heterocycles. The summed E-state index contributed by atoms with van der Waals surface area (Å²) in [6, 6.07) is 0. The third kappa shape index (κ3) is 17.7. The third-order valence-corrected chi connectivity index (χ3v) is 0.515. The van der Waals surface area contributed by atoms with E-state index in [0.717, 1.165) is 6.42 Å². The second kappa shape index (κ2) is 11.4. The molecule has 0 nitrogen and oxygen atoms in total. The van der Waals surface area contributed by atoms with Crippen molar-refractivity contribution in [2.24, 2.45) is 0 Å². The first-order chi connectivity index (χ1) is 3.27. The van der Waals surface area contributed by atoms with Crippen LogP contribution in [-0.4, -0.2) is 18.9 Å². The molecule has 0 atom stereocenters. The van der Waals surface area contributed by atoms with Crippen LogP contribution in [0.2, 0.25) is 0 Å². The van der Waals surface area contributed by atoms with Gasteiger partial charge < -0.3 is 5.92 Å². The maximum atomic E-state index is 2.96. The van der Waals surface area contributed by atoms with Gasteiger partial charge in [0.15, 0.2) is 0 Å². The van der Waals surface area contributed by atoms with Gasteiger partial charge in [0.1, 0.15) is 0 Å². The van der Waals surface area contributed by atoms with Crippen molar-refractivity contribution >= 4 is 18.9 Å². The van der Waals surface area contributed by atoms with Crippen LogP contribution in [0.15, 0.2) is 0 Å². The first-order valence-electron chi connectivity index (χ1n) is 2.56. The molecule has 0 fully saturated rings. The van der Waals surface area contributed by atoms with Gasteiger partial charge in [-0.15, -0.1) is 13.8 Å². The average molecular weight is 109 g/mol. The molecule has 0 saturated carbocycles. The number of hydrogen-bond acceptors (Lipinski definition) is 0. The number of rotatable bonds is 0. The maximum Gasteiger partial charge on any atom is 1.00 e. The van der Waals surface area contributed by atoms with Gasteiger partial charge in [0.25, 0.3) is 0 Å². The summed E-state index contributed by atoms with van der Waals surface area (Å²) in [6.07, 6.45) is 0.963. The Balaban J connectivity index is -0.000000180. The first kappa shape index (κ1) is 16.3. The van der Waals surface area contributed by atoms with E-state index in [0.29, 0.717) is 0 Å². The fraction of sp³-hybridized carbons (Fsp3) is 0.571. The molecule has 0 aliphatic rings. The zero-order chi connectivity index (χ0) is 5.70. The molecule has 0 aliphatic carbocycles. The molecule has 0 amide bonds. The van der Waals surface area contributed by atoms with E-state index >= 15 is 0 Å². The Hall–Kier alpha value is 0.625. The number of hydrogen-bond donors (Lipinski definition) is 0. The summed E-state index contributed by atoms with van der Waals surface area (Å²) in [4.78, 5) is 0. The molecule has 0 bridgehead atoms. The van der Waals surface area contributed by atoms with Crippen molar-refractivity contribution in [2.75, 3.05) is 0 Å². The van der Waals surface area contributed by atoms with Gasteiger partial charge in [-0.1, -0.05) is 13.3 Å². The van der Waals surface area contributed by atoms with Gasteiger partial charge in [0, 0.05) is 18.9 Å². The summed E-state index contributed by atoms with van der Waals surface area (Å²) < 4.78 is 0. The molecule has 0 aromatic carbocycles. The van der Waals surface area contributed by atoms with Crippen LogP contribution >= 0.6 is 0 Å². The third-order valence-electron chi connectivity index (χ3n) is 0.515. The molecule has 0 heterocycles. The second-order valence-corrected chi connectivity index (χ2v) is 1.66. The molecule has 0 unspecified atom stereocenters. The molecule has 9 heavy (non-hydrogen) atoms. The van der Waals surface area contributed by atoms with E-state index in [1.54, 1.807) is 0 Å². The van der Waals surface area contributed by atoms with Crippen LogP contribution in [0, 0.1) is 17.8 Å². The Kier molecular flexibility index (Phi) is 20.7. The Bertz CT molecular complexity index is 86.8. The normalized spacial score (nSPS) is 5.22. The Labute approximate surface area is 82.5 Å². The van der Waals surface area contributed by atoms with E-state index in [1.807, 2.05) is 13.8 Å². The fourth-order valence-corrected chi connectivity index (χ4v) is 0.265. The fourth-order valence-electron chi connectivity index (χ4n) is 0.265. The molecule has 41 valence electrons. The van der Waals surface area contributed by atoms with Crippen molar-refractivity contribution in [3.8, 4) is 11.8 Å². The molecule has 0 aromatic rings. The van der Waals surface area contributed by atoms with Crippen LogP contribution in [-0.2, 0) is 0 Å². The minimum absolute atomic E-state index is 0. The van der Waals surface area contributed by atoms with E-state index in [1.165, 1.54) is 5.92 Å². The predicted octanol–water partition coefficient (Wildman–Crippen LogP) is -1.36. The second-order valence-electron chi connectivity index (χ2n) is 1.66. The molecule has 1 radical (unpaired) electrons. The zero-order valence-electron chi connectivity index (χ0n) is 7.21. The quantitative estimate of drug-likeness (QED) is 0.205. The smallest absolute Gasteiger partial charge is 0.327 e. The Morgan fingerprint density at radius 2 is 1.78 bits per heavy atom. The molecule has 0 N–H and O–H groups in total. The maximum absolute atomic E-state index is 2.96. The molecular formula is C7H11Li2. The van der Waals surface area contributed by atoms with Crippen LogP contribution in [0.25, 0.3) is 0 Å². The molecule has 0 rings (SSSR count). The summed E-state index contributed by atoms with van der Waals surface area (Å²) >= 11 is 0. The van der Waals surface area contributed by atoms with Crippen LogP contribution in [0.5, 0.6) is 0 Å². The summed E-state index contributed by atoms with van der Waals surface area (Å²) in [7, 11) is 0. The van der Waals surface area contributed by atoms with Crippen LogP contribution < -0.4 is 18.9 Å². The van der Waals surface area contributed by atoms with Gasteiger partial charge in [-0.05, 0) is 0 Å². The summed E-state index contributed by atoms with van der Waals surface area (Å²) in [5.74, 6) is 7.12. The Morgan fingerprint density at radius 1 is 1.33 bits per heavy atom. The first-order valence-corrected chi connectivity index (χ1v) is 2.56. The van der Waals surface area contributed by atoms with Crippen molar-refractivity contribution in [1.29, 1.82) is 0 Å². The van der Waals surface area contributed by atoms with E-state index in [-0.39, 0.29) is 37.7 Å². The van der Waals surface area contributed by atoms with Gasteiger partial charge in [-0.3, -0.25) is 5.92 Å². The zero-order valence-corrected chi connectivity index (χ0v) is 7.21. The van der Waals surface area contributed by atoms with Gasteiger partial charge in [0.2, 0.25) is 0 Å². The summed E-state index contributed by atoms with van der Waals surface area (Å²) in [5, 5.41) is 0. The van der Waals surface area contributed by atoms with Gasteiger partial charge >= 0.3 is 18.9 Å². The molecule has 0 saturated heterocycles. The predicted molar refractivity (Wildman–Crippen MR) is 38.4 cm³/mol.